The second-order valence-corrected chi connectivity index (χ2v) is 7.97. The second kappa shape index (κ2) is 8.29. The summed E-state index contributed by atoms with van der Waals surface area (Å²) in [5.74, 6) is 0. The molecule has 2 N–H and O–H groups in total. The lowest BCUT2D eigenvalue weighted by Gasteiger charge is -2.35. The van der Waals surface area contributed by atoms with E-state index in [4.69, 9.17) is 0 Å². The van der Waals surface area contributed by atoms with Crippen LogP contribution in [0.5, 0.6) is 0 Å². The van der Waals surface area contributed by atoms with E-state index >= 15 is 0 Å². The number of likely N-dealkylation sites (N-methyl/N-ethyl adjacent to an activating group) is 1. The maximum atomic E-state index is 12.5. The van der Waals surface area contributed by atoms with Gasteiger partial charge in [0, 0.05) is 55.2 Å². The highest BCUT2D eigenvalue weighted by molar-refractivity contribution is 5.80. The van der Waals surface area contributed by atoms with E-state index in [1.54, 1.807) is 0 Å². The molecule has 2 aromatic carbocycles. The van der Waals surface area contributed by atoms with Crippen LogP contribution in [0, 0.1) is 13.8 Å². The number of aromatic amines is 1. The van der Waals surface area contributed by atoms with Gasteiger partial charge in [0.1, 0.15) is 0 Å². The lowest BCUT2D eigenvalue weighted by atomic mass is 10.0. The molecule has 29 heavy (non-hydrogen) atoms. The Kier molecular flexibility index (Phi) is 5.58. The van der Waals surface area contributed by atoms with Crippen LogP contribution in [0.25, 0.3) is 10.9 Å². The fraction of sp³-hybridized carbons (Fsp3) is 0.375. The Balaban J connectivity index is 1.43. The molecule has 5 nitrogen and oxygen atoms in total. The molecule has 1 fully saturated rings. The Hall–Kier alpha value is -2.79. The van der Waals surface area contributed by atoms with Crippen LogP contribution < -0.4 is 15.8 Å². The summed E-state index contributed by atoms with van der Waals surface area (Å²) in [7, 11) is 0. The fourth-order valence-corrected chi connectivity index (χ4v) is 3.96. The van der Waals surface area contributed by atoms with Gasteiger partial charge < -0.3 is 20.1 Å². The lowest BCUT2D eigenvalue weighted by molar-refractivity contribution is 0.271. The first-order chi connectivity index (χ1) is 14.0. The van der Waals surface area contributed by atoms with Gasteiger partial charge in [-0.3, -0.25) is 4.79 Å². The minimum absolute atomic E-state index is 0.0290. The van der Waals surface area contributed by atoms with Crippen LogP contribution in [0.4, 0.5) is 11.4 Å². The molecule has 0 saturated carbocycles. The number of hydrogen-bond acceptors (Lipinski definition) is 4. The molecule has 0 amide bonds. The Bertz CT molecular complexity index is 1050. The van der Waals surface area contributed by atoms with Crippen molar-refractivity contribution in [2.45, 2.75) is 27.3 Å². The molecule has 5 heteroatoms. The van der Waals surface area contributed by atoms with Crippen LogP contribution in [0.2, 0.25) is 0 Å². The molecule has 0 atom stereocenters. The number of benzene rings is 2. The van der Waals surface area contributed by atoms with Gasteiger partial charge in [-0.25, -0.2) is 0 Å². The van der Waals surface area contributed by atoms with Crippen molar-refractivity contribution in [2.75, 3.05) is 42.9 Å². The highest BCUT2D eigenvalue weighted by Crippen LogP contribution is 2.21. The van der Waals surface area contributed by atoms with Gasteiger partial charge in [0.15, 0.2) is 0 Å². The quantitative estimate of drug-likeness (QED) is 0.694. The molecule has 4 rings (SSSR count). The number of piperazine rings is 1. The zero-order valence-corrected chi connectivity index (χ0v) is 17.6. The number of aryl methyl sites for hydroxylation is 2. The molecule has 0 aliphatic carbocycles. The van der Waals surface area contributed by atoms with Crippen LogP contribution in [-0.4, -0.2) is 42.6 Å². The third kappa shape index (κ3) is 4.30. The second-order valence-electron chi connectivity index (χ2n) is 7.97. The number of H-pyrrole nitrogens is 1. The lowest BCUT2D eigenvalue weighted by Crippen LogP contribution is -2.46. The van der Waals surface area contributed by atoms with Crippen molar-refractivity contribution in [3.8, 4) is 0 Å². The third-order valence-electron chi connectivity index (χ3n) is 6.07. The minimum atomic E-state index is -0.0290. The van der Waals surface area contributed by atoms with Crippen LogP contribution in [-0.2, 0) is 6.54 Å². The van der Waals surface area contributed by atoms with E-state index in [0.717, 1.165) is 54.9 Å². The number of nitrogens with zero attached hydrogens (tertiary/aromatic N) is 2. The van der Waals surface area contributed by atoms with E-state index in [1.807, 2.05) is 12.1 Å². The SMILES string of the molecule is CCN1CCN(c2ccc(NCc3cc4cc(C)c(C)cc4[nH]c3=O)cc2)CC1. The van der Waals surface area contributed by atoms with Crippen LogP contribution in [0.3, 0.4) is 0 Å². The van der Waals surface area contributed by atoms with Gasteiger partial charge in [-0.2, -0.15) is 0 Å². The first-order valence-corrected chi connectivity index (χ1v) is 10.5. The van der Waals surface area contributed by atoms with Crippen molar-refractivity contribution in [3.63, 3.8) is 0 Å². The van der Waals surface area contributed by atoms with Crippen molar-refractivity contribution in [1.29, 1.82) is 0 Å². The molecular weight excluding hydrogens is 360 g/mol. The largest absolute Gasteiger partial charge is 0.381 e. The summed E-state index contributed by atoms with van der Waals surface area (Å²) in [5.41, 5.74) is 6.34. The number of aromatic nitrogens is 1. The molecule has 0 radical (unpaired) electrons. The van der Waals surface area contributed by atoms with Crippen molar-refractivity contribution in [2.24, 2.45) is 0 Å². The number of pyridine rings is 1. The van der Waals surface area contributed by atoms with Crippen molar-refractivity contribution in [3.05, 3.63) is 69.5 Å². The molecular formula is C24H30N4O. The van der Waals surface area contributed by atoms with E-state index in [0.29, 0.717) is 6.54 Å². The highest BCUT2D eigenvalue weighted by Gasteiger charge is 2.15. The van der Waals surface area contributed by atoms with E-state index in [2.05, 4.69) is 71.2 Å². The molecule has 0 spiro atoms. The average molecular weight is 391 g/mol. The van der Waals surface area contributed by atoms with Gasteiger partial charge in [-0.15, -0.1) is 0 Å². The minimum Gasteiger partial charge on any atom is -0.381 e. The zero-order valence-electron chi connectivity index (χ0n) is 17.6. The van der Waals surface area contributed by atoms with Crippen molar-refractivity contribution < 1.29 is 0 Å². The number of hydrogen-bond donors (Lipinski definition) is 2. The Morgan fingerprint density at radius 2 is 1.66 bits per heavy atom. The Labute approximate surface area is 172 Å². The first kappa shape index (κ1) is 19.5. The molecule has 1 aliphatic heterocycles. The topological polar surface area (TPSA) is 51.4 Å². The maximum Gasteiger partial charge on any atom is 0.253 e. The zero-order chi connectivity index (χ0) is 20.4. The summed E-state index contributed by atoms with van der Waals surface area (Å²) < 4.78 is 0. The summed E-state index contributed by atoms with van der Waals surface area (Å²) in [6, 6.07) is 14.7. The Morgan fingerprint density at radius 3 is 2.34 bits per heavy atom. The van der Waals surface area contributed by atoms with Gasteiger partial charge in [0.2, 0.25) is 0 Å². The smallest absolute Gasteiger partial charge is 0.253 e. The number of fused-ring (bicyclic) bond motifs is 1. The van der Waals surface area contributed by atoms with E-state index in [-0.39, 0.29) is 5.56 Å². The standard InChI is InChI=1S/C24H30N4O/c1-4-27-9-11-28(12-10-27)22-7-5-21(6-8-22)25-16-20-15-19-13-17(2)18(3)14-23(19)26-24(20)29/h5-8,13-15,25H,4,9-12,16H2,1-3H3,(H,26,29). The van der Waals surface area contributed by atoms with Crippen molar-refractivity contribution in [1.82, 2.24) is 9.88 Å². The van der Waals surface area contributed by atoms with Gasteiger partial charge in [-0.1, -0.05) is 6.92 Å². The molecule has 0 unspecified atom stereocenters. The molecule has 0 bridgehead atoms. The summed E-state index contributed by atoms with van der Waals surface area (Å²) in [5, 5.41) is 4.47. The predicted octanol–water partition coefficient (Wildman–Crippen LogP) is 3.90. The molecule has 152 valence electrons. The fourth-order valence-electron chi connectivity index (χ4n) is 3.96. The predicted molar refractivity (Wildman–Crippen MR) is 122 cm³/mol. The van der Waals surface area contributed by atoms with Crippen LogP contribution in [0.1, 0.15) is 23.6 Å². The van der Waals surface area contributed by atoms with E-state index in [1.165, 1.54) is 16.8 Å². The highest BCUT2D eigenvalue weighted by atomic mass is 16.1. The third-order valence-corrected chi connectivity index (χ3v) is 6.07. The first-order valence-electron chi connectivity index (χ1n) is 10.5. The molecule has 3 aromatic rings. The summed E-state index contributed by atoms with van der Waals surface area (Å²) in [6.45, 7) is 12.4. The summed E-state index contributed by atoms with van der Waals surface area (Å²) in [4.78, 5) is 20.4. The maximum absolute atomic E-state index is 12.5. The van der Waals surface area contributed by atoms with Crippen molar-refractivity contribution >= 4 is 22.3 Å². The number of anilines is 2. The molecule has 2 heterocycles. The monoisotopic (exact) mass is 390 g/mol. The Morgan fingerprint density at radius 1 is 0.966 bits per heavy atom. The van der Waals surface area contributed by atoms with E-state index < -0.39 is 0 Å². The van der Waals surface area contributed by atoms with Gasteiger partial charge in [-0.05, 0) is 79.4 Å². The van der Waals surface area contributed by atoms with Gasteiger partial charge in [0.05, 0.1) is 0 Å². The average Bonchev–Trinajstić information content (AvgIpc) is 2.74. The summed E-state index contributed by atoms with van der Waals surface area (Å²) in [6.07, 6.45) is 0. The molecule has 1 aliphatic rings. The number of rotatable bonds is 5. The molecule has 1 aromatic heterocycles. The summed E-state index contributed by atoms with van der Waals surface area (Å²) >= 11 is 0. The van der Waals surface area contributed by atoms with Gasteiger partial charge in [0.25, 0.3) is 5.56 Å². The van der Waals surface area contributed by atoms with Crippen LogP contribution in [0.15, 0.2) is 47.3 Å². The van der Waals surface area contributed by atoms with E-state index in [9.17, 15) is 4.79 Å². The molecule has 1 saturated heterocycles. The van der Waals surface area contributed by atoms with Crippen LogP contribution >= 0.6 is 0 Å². The normalized spacial score (nSPS) is 15.1. The van der Waals surface area contributed by atoms with Gasteiger partial charge >= 0.3 is 0 Å². The number of nitrogens with one attached hydrogen (secondary N) is 2.